The number of aromatic nitrogens is 1. The van der Waals surface area contributed by atoms with Crippen molar-refractivity contribution < 1.29 is 0 Å². The van der Waals surface area contributed by atoms with E-state index in [1.807, 2.05) is 30.3 Å². The lowest BCUT2D eigenvalue weighted by atomic mass is 9.89. The van der Waals surface area contributed by atoms with E-state index in [1.165, 1.54) is 25.7 Å². The number of benzene rings is 1. The SMILES string of the molecule is N#Cc1cc2ccccc2nc1NCC1CC2CCC1C2. The van der Waals surface area contributed by atoms with Crippen molar-refractivity contribution >= 4 is 16.7 Å². The van der Waals surface area contributed by atoms with Crippen LogP contribution in [0.25, 0.3) is 10.9 Å². The minimum atomic E-state index is 0.650. The lowest BCUT2D eigenvalue weighted by Crippen LogP contribution is -2.21. The van der Waals surface area contributed by atoms with Crippen LogP contribution in [0, 0.1) is 29.1 Å². The lowest BCUT2D eigenvalue weighted by Gasteiger charge is -2.22. The normalized spacial score (nSPS) is 26.9. The average Bonchev–Trinajstić information content (AvgIpc) is 3.14. The Bertz CT molecular complexity index is 716. The number of rotatable bonds is 3. The molecule has 0 spiro atoms. The van der Waals surface area contributed by atoms with Gasteiger partial charge in [0.1, 0.15) is 11.9 Å². The second-order valence-corrected chi connectivity index (χ2v) is 6.50. The molecule has 21 heavy (non-hydrogen) atoms. The standard InChI is InChI=1S/C18H19N3/c19-10-15-9-14-3-1-2-4-17(14)21-18(15)20-11-16-8-12-5-6-13(16)7-12/h1-4,9,12-13,16H,5-8,11H2,(H,20,21). The van der Waals surface area contributed by atoms with Crippen LogP contribution >= 0.6 is 0 Å². The van der Waals surface area contributed by atoms with Gasteiger partial charge in [0.05, 0.1) is 11.1 Å². The third-order valence-electron chi connectivity index (χ3n) is 5.26. The molecule has 1 heterocycles. The predicted octanol–water partition coefficient (Wildman–Crippen LogP) is 3.95. The van der Waals surface area contributed by atoms with Crippen LogP contribution in [0.5, 0.6) is 0 Å². The van der Waals surface area contributed by atoms with Crippen LogP contribution in [0.4, 0.5) is 5.82 Å². The van der Waals surface area contributed by atoms with Crippen LogP contribution in [0.2, 0.25) is 0 Å². The van der Waals surface area contributed by atoms with Crippen LogP contribution in [-0.4, -0.2) is 11.5 Å². The number of para-hydroxylation sites is 1. The summed E-state index contributed by atoms with van der Waals surface area (Å²) in [5.74, 6) is 3.37. The molecule has 0 radical (unpaired) electrons. The first-order chi connectivity index (χ1) is 10.3. The molecule has 3 heteroatoms. The fourth-order valence-electron chi connectivity index (χ4n) is 4.19. The number of fused-ring (bicyclic) bond motifs is 3. The highest BCUT2D eigenvalue weighted by atomic mass is 15.0. The Morgan fingerprint density at radius 3 is 2.90 bits per heavy atom. The Balaban J connectivity index is 1.56. The van der Waals surface area contributed by atoms with E-state index in [4.69, 9.17) is 0 Å². The van der Waals surface area contributed by atoms with E-state index in [2.05, 4.69) is 16.4 Å². The van der Waals surface area contributed by atoms with E-state index in [9.17, 15) is 5.26 Å². The molecule has 0 saturated heterocycles. The van der Waals surface area contributed by atoms with Gasteiger partial charge < -0.3 is 5.32 Å². The van der Waals surface area contributed by atoms with Crippen molar-refractivity contribution in [2.24, 2.45) is 17.8 Å². The fraction of sp³-hybridized carbons (Fsp3) is 0.444. The molecule has 2 aromatic rings. The third-order valence-corrected chi connectivity index (χ3v) is 5.26. The van der Waals surface area contributed by atoms with Gasteiger partial charge in [-0.3, -0.25) is 0 Å². The zero-order valence-electron chi connectivity index (χ0n) is 12.0. The van der Waals surface area contributed by atoms with Crippen molar-refractivity contribution in [2.75, 3.05) is 11.9 Å². The van der Waals surface area contributed by atoms with Crippen molar-refractivity contribution in [3.63, 3.8) is 0 Å². The highest BCUT2D eigenvalue weighted by Crippen LogP contribution is 2.48. The molecule has 2 saturated carbocycles. The zero-order chi connectivity index (χ0) is 14.2. The fourth-order valence-corrected chi connectivity index (χ4v) is 4.19. The Morgan fingerprint density at radius 1 is 1.24 bits per heavy atom. The van der Waals surface area contributed by atoms with Crippen LogP contribution in [0.3, 0.4) is 0 Å². The van der Waals surface area contributed by atoms with Crippen LogP contribution in [0.1, 0.15) is 31.2 Å². The first-order valence-electron chi connectivity index (χ1n) is 7.87. The van der Waals surface area contributed by atoms with Gasteiger partial charge in [0.25, 0.3) is 0 Å². The number of nitrogens with zero attached hydrogens (tertiary/aromatic N) is 2. The molecule has 2 aliphatic carbocycles. The number of nitriles is 1. The maximum atomic E-state index is 9.35. The van der Waals surface area contributed by atoms with Gasteiger partial charge in [-0.05, 0) is 49.1 Å². The van der Waals surface area contributed by atoms with Gasteiger partial charge >= 0.3 is 0 Å². The summed E-state index contributed by atoms with van der Waals surface area (Å²) in [5, 5.41) is 13.8. The molecule has 4 rings (SSSR count). The van der Waals surface area contributed by atoms with E-state index in [0.29, 0.717) is 5.56 Å². The minimum Gasteiger partial charge on any atom is -0.369 e. The average molecular weight is 277 g/mol. The maximum Gasteiger partial charge on any atom is 0.144 e. The molecule has 2 aliphatic rings. The Labute approximate surface area is 125 Å². The highest BCUT2D eigenvalue weighted by Gasteiger charge is 2.39. The van der Waals surface area contributed by atoms with E-state index in [-0.39, 0.29) is 0 Å². The topological polar surface area (TPSA) is 48.7 Å². The van der Waals surface area contributed by atoms with Gasteiger partial charge in [0.2, 0.25) is 0 Å². The number of pyridine rings is 1. The van der Waals surface area contributed by atoms with Crippen LogP contribution in [-0.2, 0) is 0 Å². The van der Waals surface area contributed by atoms with Gasteiger partial charge in [-0.25, -0.2) is 4.98 Å². The van der Waals surface area contributed by atoms with Crippen LogP contribution < -0.4 is 5.32 Å². The Morgan fingerprint density at radius 2 is 2.14 bits per heavy atom. The summed E-state index contributed by atoms with van der Waals surface area (Å²) in [7, 11) is 0. The van der Waals surface area contributed by atoms with E-state index >= 15 is 0 Å². The molecule has 3 unspecified atom stereocenters. The summed E-state index contributed by atoms with van der Waals surface area (Å²) in [6.07, 6.45) is 5.60. The second kappa shape index (κ2) is 5.04. The summed E-state index contributed by atoms with van der Waals surface area (Å²) in [6, 6.07) is 12.2. The molecule has 1 N–H and O–H groups in total. The maximum absolute atomic E-state index is 9.35. The molecule has 3 nitrogen and oxygen atoms in total. The summed E-state index contributed by atoms with van der Waals surface area (Å²) in [4.78, 5) is 4.64. The van der Waals surface area contributed by atoms with E-state index in [0.717, 1.165) is 41.0 Å². The number of anilines is 1. The predicted molar refractivity (Wildman–Crippen MR) is 83.9 cm³/mol. The Kier molecular flexibility index (Phi) is 3.03. The molecule has 0 amide bonds. The Hall–Kier alpha value is -2.08. The van der Waals surface area contributed by atoms with Crippen molar-refractivity contribution in [3.05, 3.63) is 35.9 Å². The van der Waals surface area contributed by atoms with E-state index in [1.54, 1.807) is 0 Å². The quantitative estimate of drug-likeness (QED) is 0.924. The highest BCUT2D eigenvalue weighted by molar-refractivity contribution is 5.82. The molecule has 0 aliphatic heterocycles. The summed E-state index contributed by atoms with van der Waals surface area (Å²) < 4.78 is 0. The third kappa shape index (κ3) is 2.25. The van der Waals surface area contributed by atoms with Gasteiger partial charge in [-0.1, -0.05) is 24.6 Å². The molecule has 2 fully saturated rings. The first-order valence-corrected chi connectivity index (χ1v) is 7.87. The lowest BCUT2D eigenvalue weighted by molar-refractivity contribution is 0.348. The van der Waals surface area contributed by atoms with Crippen LogP contribution in [0.15, 0.2) is 30.3 Å². The summed E-state index contributed by atoms with van der Waals surface area (Å²) in [6.45, 7) is 0.960. The summed E-state index contributed by atoms with van der Waals surface area (Å²) >= 11 is 0. The molecular formula is C18H19N3. The summed E-state index contributed by atoms with van der Waals surface area (Å²) in [5.41, 5.74) is 1.60. The smallest absolute Gasteiger partial charge is 0.144 e. The zero-order valence-corrected chi connectivity index (χ0v) is 12.0. The largest absolute Gasteiger partial charge is 0.369 e. The van der Waals surface area contributed by atoms with Crippen molar-refractivity contribution in [1.82, 2.24) is 4.98 Å². The molecule has 2 bridgehead atoms. The van der Waals surface area contributed by atoms with Gasteiger partial charge in [-0.15, -0.1) is 0 Å². The molecule has 1 aromatic heterocycles. The number of nitrogens with one attached hydrogen (secondary N) is 1. The minimum absolute atomic E-state index is 0.650. The van der Waals surface area contributed by atoms with E-state index < -0.39 is 0 Å². The molecular weight excluding hydrogens is 258 g/mol. The van der Waals surface area contributed by atoms with Crippen molar-refractivity contribution in [3.8, 4) is 6.07 Å². The van der Waals surface area contributed by atoms with Gasteiger partial charge in [0.15, 0.2) is 0 Å². The van der Waals surface area contributed by atoms with Gasteiger partial charge in [0, 0.05) is 11.9 Å². The van der Waals surface area contributed by atoms with Gasteiger partial charge in [-0.2, -0.15) is 5.26 Å². The molecule has 1 aromatic carbocycles. The second-order valence-electron chi connectivity index (χ2n) is 6.50. The van der Waals surface area contributed by atoms with Crippen molar-refractivity contribution in [2.45, 2.75) is 25.7 Å². The molecule has 106 valence electrons. The number of hydrogen-bond acceptors (Lipinski definition) is 3. The molecule has 3 atom stereocenters. The monoisotopic (exact) mass is 277 g/mol. The number of hydrogen-bond donors (Lipinski definition) is 1. The first kappa shape index (κ1) is 12.6. The van der Waals surface area contributed by atoms with Crippen molar-refractivity contribution in [1.29, 1.82) is 5.26 Å².